The molecule has 0 spiro atoms. The van der Waals surface area contributed by atoms with Crippen LogP contribution in [0, 0.1) is 15.3 Å². The van der Waals surface area contributed by atoms with Crippen molar-refractivity contribution in [3.63, 3.8) is 0 Å². The van der Waals surface area contributed by atoms with E-state index in [1.165, 1.54) is 18.2 Å². The fourth-order valence-electron chi connectivity index (χ4n) is 2.48. The van der Waals surface area contributed by atoms with E-state index in [1.807, 2.05) is 22.6 Å². The predicted molar refractivity (Wildman–Crippen MR) is 80.0 cm³/mol. The molecule has 1 aliphatic rings. The van der Waals surface area contributed by atoms with Crippen molar-refractivity contribution in [3.8, 4) is 0 Å². The van der Waals surface area contributed by atoms with Crippen LogP contribution in [0.1, 0.15) is 36.0 Å². The van der Waals surface area contributed by atoms with E-state index in [0.717, 1.165) is 12.8 Å². The Morgan fingerprint density at radius 2 is 2.10 bits per heavy atom. The van der Waals surface area contributed by atoms with E-state index in [0.29, 0.717) is 22.0 Å². The molecule has 2 N–H and O–H groups in total. The zero-order valence-electron chi connectivity index (χ0n) is 10.7. The van der Waals surface area contributed by atoms with Crippen LogP contribution in [0.5, 0.6) is 0 Å². The van der Waals surface area contributed by atoms with E-state index in [-0.39, 0.29) is 23.7 Å². The number of hydrogen-bond donors (Lipinski definition) is 2. The quantitative estimate of drug-likeness (QED) is 0.779. The van der Waals surface area contributed by atoms with Crippen molar-refractivity contribution in [1.29, 1.82) is 0 Å². The van der Waals surface area contributed by atoms with E-state index in [4.69, 9.17) is 5.11 Å². The Morgan fingerprint density at radius 3 is 2.75 bits per heavy atom. The lowest BCUT2D eigenvalue weighted by molar-refractivity contribution is -0.143. The molecule has 4 nitrogen and oxygen atoms in total. The molecule has 108 valence electrons. The van der Waals surface area contributed by atoms with Gasteiger partial charge in [-0.1, -0.05) is 6.42 Å². The molecule has 1 aromatic rings. The minimum absolute atomic E-state index is 0.127. The Balaban J connectivity index is 2.02. The van der Waals surface area contributed by atoms with E-state index in [9.17, 15) is 14.0 Å². The summed E-state index contributed by atoms with van der Waals surface area (Å²) in [5.74, 6) is -1.85. The third-order valence-corrected chi connectivity index (χ3v) is 4.43. The van der Waals surface area contributed by atoms with Crippen LogP contribution in [0.15, 0.2) is 18.2 Å². The smallest absolute Gasteiger partial charge is 0.306 e. The molecule has 20 heavy (non-hydrogen) atoms. The largest absolute Gasteiger partial charge is 0.481 e. The molecule has 1 saturated carbocycles. The van der Waals surface area contributed by atoms with Gasteiger partial charge in [-0.2, -0.15) is 0 Å². The molecule has 1 amide bonds. The third-order valence-electron chi connectivity index (χ3n) is 3.53. The summed E-state index contributed by atoms with van der Waals surface area (Å²) in [5, 5.41) is 11.9. The number of benzene rings is 1. The van der Waals surface area contributed by atoms with Crippen LogP contribution in [0.3, 0.4) is 0 Å². The maximum absolute atomic E-state index is 13.0. The molecular formula is C14H15FINO3. The summed E-state index contributed by atoms with van der Waals surface area (Å²) in [5.41, 5.74) is 0.421. The Kier molecular flexibility index (Phi) is 4.95. The van der Waals surface area contributed by atoms with Crippen molar-refractivity contribution >= 4 is 34.5 Å². The summed E-state index contributed by atoms with van der Waals surface area (Å²) in [6, 6.07) is 3.87. The molecule has 1 aromatic carbocycles. The summed E-state index contributed by atoms with van der Waals surface area (Å²) in [7, 11) is 0. The fourth-order valence-corrected chi connectivity index (χ4v) is 3.20. The van der Waals surface area contributed by atoms with Gasteiger partial charge in [-0.25, -0.2) is 4.39 Å². The van der Waals surface area contributed by atoms with Crippen molar-refractivity contribution in [1.82, 2.24) is 5.32 Å². The molecule has 2 unspecified atom stereocenters. The lowest BCUT2D eigenvalue weighted by atomic mass is 9.85. The van der Waals surface area contributed by atoms with Gasteiger partial charge in [-0.3, -0.25) is 9.59 Å². The number of rotatable bonds is 3. The maximum Gasteiger partial charge on any atom is 0.306 e. The first-order chi connectivity index (χ1) is 9.47. The number of halogens is 2. The first-order valence-electron chi connectivity index (χ1n) is 6.46. The van der Waals surface area contributed by atoms with E-state index >= 15 is 0 Å². The highest BCUT2D eigenvalue weighted by Crippen LogP contribution is 2.25. The molecule has 1 fully saturated rings. The summed E-state index contributed by atoms with van der Waals surface area (Å²) in [4.78, 5) is 23.1. The zero-order valence-corrected chi connectivity index (χ0v) is 12.9. The van der Waals surface area contributed by atoms with Crippen LogP contribution in [0.2, 0.25) is 0 Å². The van der Waals surface area contributed by atoms with Gasteiger partial charge in [0.2, 0.25) is 0 Å². The standard InChI is InChI=1S/C14H15FINO3/c15-9-4-5-11(12(16)7-9)13(18)17-10-3-1-2-8(6-10)14(19)20/h4-5,7-8,10H,1-3,6H2,(H,17,18)(H,19,20). The van der Waals surface area contributed by atoms with Gasteiger partial charge in [-0.15, -0.1) is 0 Å². The summed E-state index contributed by atoms with van der Waals surface area (Å²) in [6.45, 7) is 0. The zero-order chi connectivity index (χ0) is 14.7. The van der Waals surface area contributed by atoms with Gasteiger partial charge in [0.15, 0.2) is 0 Å². The molecule has 0 heterocycles. The average molecular weight is 391 g/mol. The van der Waals surface area contributed by atoms with Crippen molar-refractivity contribution in [3.05, 3.63) is 33.1 Å². The Labute approximate surface area is 129 Å². The van der Waals surface area contributed by atoms with Gasteiger partial charge in [-0.05, 0) is 60.1 Å². The number of hydrogen-bond acceptors (Lipinski definition) is 2. The van der Waals surface area contributed by atoms with Gasteiger partial charge in [0.05, 0.1) is 11.5 Å². The second-order valence-corrected chi connectivity index (χ2v) is 6.16. The number of carboxylic acids is 1. The second-order valence-electron chi connectivity index (χ2n) is 5.00. The lowest BCUT2D eigenvalue weighted by Gasteiger charge is -2.27. The number of carbonyl (C=O) groups is 2. The Hall–Kier alpha value is -1.18. The number of amides is 1. The highest BCUT2D eigenvalue weighted by molar-refractivity contribution is 14.1. The van der Waals surface area contributed by atoms with E-state index in [1.54, 1.807) is 0 Å². The summed E-state index contributed by atoms with van der Waals surface area (Å²) >= 11 is 1.92. The highest BCUT2D eigenvalue weighted by Gasteiger charge is 2.28. The van der Waals surface area contributed by atoms with Crippen LogP contribution in [-0.2, 0) is 4.79 Å². The summed E-state index contributed by atoms with van der Waals surface area (Å²) < 4.78 is 13.6. The fraction of sp³-hybridized carbons (Fsp3) is 0.429. The number of carbonyl (C=O) groups excluding carboxylic acids is 1. The molecule has 2 rings (SSSR count). The molecular weight excluding hydrogens is 376 g/mol. The van der Waals surface area contributed by atoms with Gasteiger partial charge in [0.25, 0.3) is 5.91 Å². The normalized spacial score (nSPS) is 22.3. The van der Waals surface area contributed by atoms with Crippen LogP contribution >= 0.6 is 22.6 Å². The minimum atomic E-state index is -0.805. The molecule has 0 aromatic heterocycles. The molecule has 0 bridgehead atoms. The average Bonchev–Trinajstić information content (AvgIpc) is 2.38. The summed E-state index contributed by atoms with van der Waals surface area (Å²) in [6.07, 6.45) is 2.70. The Morgan fingerprint density at radius 1 is 1.35 bits per heavy atom. The van der Waals surface area contributed by atoms with Crippen molar-refractivity contribution in [2.45, 2.75) is 31.7 Å². The van der Waals surface area contributed by atoms with Crippen LogP contribution in [-0.4, -0.2) is 23.0 Å². The molecule has 1 aliphatic carbocycles. The third kappa shape index (κ3) is 3.68. The molecule has 6 heteroatoms. The van der Waals surface area contributed by atoms with Gasteiger partial charge in [0, 0.05) is 9.61 Å². The lowest BCUT2D eigenvalue weighted by Crippen LogP contribution is -2.40. The van der Waals surface area contributed by atoms with Crippen molar-refractivity contribution in [2.75, 3.05) is 0 Å². The van der Waals surface area contributed by atoms with Gasteiger partial charge < -0.3 is 10.4 Å². The van der Waals surface area contributed by atoms with Gasteiger partial charge >= 0.3 is 5.97 Å². The number of aliphatic carboxylic acids is 1. The Bertz CT molecular complexity index is 535. The minimum Gasteiger partial charge on any atom is -0.481 e. The van der Waals surface area contributed by atoms with Gasteiger partial charge in [0.1, 0.15) is 5.82 Å². The monoisotopic (exact) mass is 391 g/mol. The van der Waals surface area contributed by atoms with Crippen molar-refractivity contribution < 1.29 is 19.1 Å². The maximum atomic E-state index is 13.0. The second kappa shape index (κ2) is 6.51. The molecule has 2 atom stereocenters. The number of nitrogens with one attached hydrogen (secondary N) is 1. The van der Waals surface area contributed by atoms with E-state index < -0.39 is 5.97 Å². The van der Waals surface area contributed by atoms with Crippen LogP contribution in [0.25, 0.3) is 0 Å². The molecule has 0 aliphatic heterocycles. The topological polar surface area (TPSA) is 66.4 Å². The SMILES string of the molecule is O=C(NC1CCCC(C(=O)O)C1)c1ccc(F)cc1I. The first kappa shape index (κ1) is 15.2. The van der Waals surface area contributed by atoms with Crippen LogP contribution in [0.4, 0.5) is 4.39 Å². The molecule has 0 radical (unpaired) electrons. The number of carboxylic acid groups (broad SMARTS) is 1. The first-order valence-corrected chi connectivity index (χ1v) is 7.54. The molecule has 0 saturated heterocycles. The highest BCUT2D eigenvalue weighted by atomic mass is 127. The van der Waals surface area contributed by atoms with Crippen molar-refractivity contribution in [2.24, 2.45) is 5.92 Å². The van der Waals surface area contributed by atoms with Crippen LogP contribution < -0.4 is 5.32 Å². The van der Waals surface area contributed by atoms with E-state index in [2.05, 4.69) is 5.32 Å². The predicted octanol–water partition coefficient (Wildman–Crippen LogP) is 2.80.